The molecule has 2 N–H and O–H groups in total. The summed E-state index contributed by atoms with van der Waals surface area (Å²) in [6.45, 7) is 14.7. The van der Waals surface area contributed by atoms with E-state index in [4.69, 9.17) is 24.5 Å². The van der Waals surface area contributed by atoms with E-state index < -0.39 is 0 Å². The highest BCUT2D eigenvalue weighted by Crippen LogP contribution is 2.30. The first kappa shape index (κ1) is 24.8. The number of aromatic nitrogens is 5. The average molecular weight is 496 g/mol. The molecule has 0 amide bonds. The summed E-state index contributed by atoms with van der Waals surface area (Å²) in [6, 6.07) is 4.38. The van der Waals surface area contributed by atoms with E-state index >= 15 is 0 Å². The van der Waals surface area contributed by atoms with Crippen molar-refractivity contribution in [1.82, 2.24) is 34.9 Å². The minimum absolute atomic E-state index is 0.370. The van der Waals surface area contributed by atoms with E-state index in [1.165, 1.54) is 0 Å². The Hall–Kier alpha value is -2.86. The molecule has 0 radical (unpaired) electrons. The zero-order valence-electron chi connectivity index (χ0n) is 21.5. The summed E-state index contributed by atoms with van der Waals surface area (Å²) in [4.78, 5) is 19.3. The minimum atomic E-state index is 0.370. The highest BCUT2D eigenvalue weighted by atomic mass is 16.5. The van der Waals surface area contributed by atoms with Crippen LogP contribution in [-0.4, -0.2) is 94.8 Å². The number of hydrogen-bond acceptors (Lipinski definition) is 10. The second kappa shape index (κ2) is 11.5. The van der Waals surface area contributed by atoms with E-state index in [2.05, 4.69) is 39.3 Å². The average Bonchev–Trinajstić information content (AvgIpc) is 3.22. The molecule has 3 aromatic heterocycles. The third-order valence-corrected chi connectivity index (χ3v) is 6.59. The van der Waals surface area contributed by atoms with Crippen LogP contribution in [0.1, 0.15) is 25.1 Å². The monoisotopic (exact) mass is 495 g/mol. The molecule has 1 atom stereocenters. The molecule has 194 valence electrons. The van der Waals surface area contributed by atoms with Crippen molar-refractivity contribution in [1.29, 1.82) is 0 Å². The Labute approximate surface area is 212 Å². The molecule has 0 spiro atoms. The number of nitrogens with zero attached hydrogens (tertiary/aromatic N) is 7. The molecule has 1 unspecified atom stereocenters. The molecule has 2 fully saturated rings. The Morgan fingerprint density at radius 1 is 1.22 bits per heavy atom. The molecule has 0 bridgehead atoms. The smallest absolute Gasteiger partial charge is 0.228 e. The zero-order chi connectivity index (χ0) is 24.9. The van der Waals surface area contributed by atoms with Gasteiger partial charge in [0.05, 0.1) is 26.4 Å². The van der Waals surface area contributed by atoms with Crippen LogP contribution >= 0.6 is 0 Å². The fraction of sp³-hybridized carbons (Fsp3) is 0.600. The van der Waals surface area contributed by atoms with Crippen molar-refractivity contribution in [2.45, 2.75) is 39.9 Å². The molecule has 2 saturated heterocycles. The summed E-state index contributed by atoms with van der Waals surface area (Å²) in [7, 11) is 0. The highest BCUT2D eigenvalue weighted by molar-refractivity contribution is 5.90. The van der Waals surface area contributed by atoms with Crippen molar-refractivity contribution < 1.29 is 9.47 Å². The van der Waals surface area contributed by atoms with Gasteiger partial charge in [-0.05, 0) is 38.5 Å². The van der Waals surface area contributed by atoms with E-state index in [1.807, 2.05) is 29.9 Å². The first-order valence-corrected chi connectivity index (χ1v) is 12.9. The van der Waals surface area contributed by atoms with Crippen LogP contribution in [0.25, 0.3) is 11.0 Å². The Bertz CT molecular complexity index is 1160. The Morgan fingerprint density at radius 3 is 2.86 bits per heavy atom. The summed E-state index contributed by atoms with van der Waals surface area (Å²) in [5, 5.41) is 12.0. The predicted molar refractivity (Wildman–Crippen MR) is 140 cm³/mol. The van der Waals surface area contributed by atoms with E-state index in [9.17, 15) is 0 Å². The van der Waals surface area contributed by atoms with Gasteiger partial charge < -0.3 is 25.0 Å². The fourth-order valence-electron chi connectivity index (χ4n) is 4.73. The van der Waals surface area contributed by atoms with Crippen LogP contribution in [-0.2, 0) is 22.6 Å². The first-order valence-electron chi connectivity index (χ1n) is 12.9. The molecule has 11 nitrogen and oxygen atoms in total. The van der Waals surface area contributed by atoms with Gasteiger partial charge in [-0.25, -0.2) is 9.97 Å². The molecular weight excluding hydrogens is 458 g/mol. The van der Waals surface area contributed by atoms with Crippen LogP contribution in [0.4, 0.5) is 17.6 Å². The van der Waals surface area contributed by atoms with Gasteiger partial charge in [-0.1, -0.05) is 0 Å². The van der Waals surface area contributed by atoms with Gasteiger partial charge in [0.1, 0.15) is 22.5 Å². The maximum absolute atomic E-state index is 5.67. The summed E-state index contributed by atoms with van der Waals surface area (Å²) in [5.41, 5.74) is 3.85. The second-order valence-corrected chi connectivity index (χ2v) is 9.47. The quantitative estimate of drug-likeness (QED) is 0.428. The number of rotatable bonds is 9. The molecule has 3 aromatic rings. The van der Waals surface area contributed by atoms with E-state index in [1.54, 1.807) is 0 Å². The molecule has 11 heteroatoms. The van der Waals surface area contributed by atoms with Crippen LogP contribution in [0.15, 0.2) is 18.3 Å². The largest absolute Gasteiger partial charge is 0.380 e. The number of piperazine rings is 1. The van der Waals surface area contributed by atoms with E-state index in [0.717, 1.165) is 92.4 Å². The predicted octanol–water partition coefficient (Wildman–Crippen LogP) is 1.94. The lowest BCUT2D eigenvalue weighted by molar-refractivity contribution is 0.0337. The van der Waals surface area contributed by atoms with Crippen LogP contribution in [0.2, 0.25) is 0 Å². The van der Waals surface area contributed by atoms with Gasteiger partial charge in [0.15, 0.2) is 5.82 Å². The highest BCUT2D eigenvalue weighted by Gasteiger charge is 2.25. The number of pyridine rings is 1. The van der Waals surface area contributed by atoms with Crippen LogP contribution in [0.5, 0.6) is 0 Å². The molecule has 36 heavy (non-hydrogen) atoms. The number of hydrogen-bond donors (Lipinski definition) is 2. The zero-order valence-corrected chi connectivity index (χ0v) is 21.5. The fourth-order valence-corrected chi connectivity index (χ4v) is 4.73. The van der Waals surface area contributed by atoms with Crippen LogP contribution in [0.3, 0.4) is 0 Å². The second-order valence-electron chi connectivity index (χ2n) is 9.47. The van der Waals surface area contributed by atoms with E-state index in [0.29, 0.717) is 25.8 Å². The van der Waals surface area contributed by atoms with E-state index in [-0.39, 0.29) is 0 Å². The number of fused-ring (bicyclic) bond motifs is 1. The van der Waals surface area contributed by atoms with Crippen molar-refractivity contribution in [2.24, 2.45) is 0 Å². The molecule has 0 aliphatic carbocycles. The SMILES string of the molecule is CCOCCn1nc(CN2CCOCC2)c2nc(N3CCNC(C)C3)nc(Nc3cc(C)ccn3)c21. The molecule has 2 aliphatic rings. The summed E-state index contributed by atoms with van der Waals surface area (Å²) >= 11 is 0. The van der Waals surface area contributed by atoms with Crippen molar-refractivity contribution in [3.63, 3.8) is 0 Å². The topological polar surface area (TPSA) is 105 Å². The third-order valence-electron chi connectivity index (χ3n) is 6.59. The number of aryl methyl sites for hydroxylation is 1. The minimum Gasteiger partial charge on any atom is -0.380 e. The molecule has 2 aliphatic heterocycles. The van der Waals surface area contributed by atoms with Gasteiger partial charge in [-0.2, -0.15) is 10.1 Å². The van der Waals surface area contributed by atoms with Crippen molar-refractivity contribution in [3.05, 3.63) is 29.6 Å². The number of morpholine rings is 1. The van der Waals surface area contributed by atoms with Gasteiger partial charge in [-0.15, -0.1) is 0 Å². The normalized spacial score (nSPS) is 19.2. The lowest BCUT2D eigenvalue weighted by Crippen LogP contribution is -2.49. The first-order chi connectivity index (χ1) is 17.6. The number of ether oxygens (including phenoxy) is 2. The molecule has 5 heterocycles. The maximum atomic E-state index is 5.67. The Morgan fingerprint density at radius 2 is 2.08 bits per heavy atom. The number of nitrogens with one attached hydrogen (secondary N) is 2. The van der Waals surface area contributed by atoms with Gasteiger partial charge in [0.2, 0.25) is 5.95 Å². The molecule has 5 rings (SSSR count). The van der Waals surface area contributed by atoms with Gasteiger partial charge in [-0.3, -0.25) is 9.58 Å². The van der Waals surface area contributed by atoms with Gasteiger partial charge in [0, 0.05) is 58.1 Å². The Balaban J connectivity index is 1.60. The summed E-state index contributed by atoms with van der Waals surface area (Å²) < 4.78 is 13.2. The van der Waals surface area contributed by atoms with Crippen LogP contribution < -0.4 is 15.5 Å². The third kappa shape index (κ3) is 5.75. The van der Waals surface area contributed by atoms with Gasteiger partial charge in [0.25, 0.3) is 0 Å². The van der Waals surface area contributed by atoms with Crippen LogP contribution in [0, 0.1) is 6.92 Å². The summed E-state index contributed by atoms with van der Waals surface area (Å²) in [5.74, 6) is 2.19. The lowest BCUT2D eigenvalue weighted by Gasteiger charge is -2.32. The molecular formula is C25H37N9O2. The summed E-state index contributed by atoms with van der Waals surface area (Å²) in [6.07, 6.45) is 1.81. The van der Waals surface area contributed by atoms with Crippen molar-refractivity contribution >= 4 is 28.6 Å². The molecule has 0 aromatic carbocycles. The standard InChI is InChI=1S/C25H37N9O2/c1-4-35-14-11-34-23-22(20(31-34)17-32-9-12-36-13-10-32)29-25(33-8-7-26-19(3)16-33)30-24(23)28-21-15-18(2)5-6-27-21/h5-6,15,19,26H,4,7-14,16-17H2,1-3H3,(H,27,28,29,30). The molecule has 0 saturated carbocycles. The lowest BCUT2D eigenvalue weighted by atomic mass is 10.2. The van der Waals surface area contributed by atoms with Crippen molar-refractivity contribution in [3.8, 4) is 0 Å². The maximum Gasteiger partial charge on any atom is 0.228 e. The van der Waals surface area contributed by atoms with Crippen molar-refractivity contribution in [2.75, 3.05) is 69.4 Å². The van der Waals surface area contributed by atoms with Gasteiger partial charge >= 0.3 is 0 Å². The Kier molecular flexibility index (Phi) is 7.90. The number of anilines is 3.